The highest BCUT2D eigenvalue weighted by atomic mass is 19.1. The van der Waals surface area contributed by atoms with E-state index in [2.05, 4.69) is 5.32 Å². The number of likely N-dealkylation sites (tertiary alicyclic amines) is 1. The number of aromatic nitrogens is 1. The van der Waals surface area contributed by atoms with Gasteiger partial charge in [0.2, 0.25) is 0 Å². The molecule has 174 valence electrons. The third-order valence-corrected chi connectivity index (χ3v) is 6.60. The van der Waals surface area contributed by atoms with Crippen molar-refractivity contribution >= 4 is 17.3 Å². The van der Waals surface area contributed by atoms with Gasteiger partial charge in [0, 0.05) is 55.5 Å². The normalized spacial score (nSPS) is 18.8. The number of hydrogen-bond acceptors (Lipinski definition) is 5. The molecule has 2 atom stereocenters. The second kappa shape index (κ2) is 8.74. The van der Waals surface area contributed by atoms with Crippen LogP contribution in [0.3, 0.4) is 0 Å². The first-order chi connectivity index (χ1) is 16.4. The smallest absolute Gasteiger partial charge is 0.293 e. The summed E-state index contributed by atoms with van der Waals surface area (Å²) < 4.78 is 14.9. The molecule has 1 N–H and O–H groups in total. The fourth-order valence-corrected chi connectivity index (χ4v) is 5.01. The highest BCUT2D eigenvalue weighted by molar-refractivity contribution is 5.96. The average Bonchev–Trinajstić information content (AvgIpc) is 2.83. The molecule has 0 aliphatic carbocycles. The van der Waals surface area contributed by atoms with E-state index >= 15 is 0 Å². The zero-order chi connectivity index (χ0) is 23.8. The van der Waals surface area contributed by atoms with Gasteiger partial charge in [-0.15, -0.1) is 0 Å². The Morgan fingerprint density at radius 2 is 1.88 bits per heavy atom. The van der Waals surface area contributed by atoms with Crippen molar-refractivity contribution in [3.63, 3.8) is 0 Å². The van der Waals surface area contributed by atoms with Crippen molar-refractivity contribution in [3.05, 3.63) is 104 Å². The Morgan fingerprint density at radius 1 is 1.09 bits per heavy atom. The third-order valence-electron chi connectivity index (χ3n) is 6.60. The maximum absolute atomic E-state index is 13.3. The van der Waals surface area contributed by atoms with Gasteiger partial charge in [0.25, 0.3) is 17.2 Å². The lowest BCUT2D eigenvalue weighted by molar-refractivity contribution is -0.384. The van der Waals surface area contributed by atoms with Crippen LogP contribution in [0.4, 0.5) is 15.8 Å². The minimum atomic E-state index is -0.516. The lowest BCUT2D eigenvalue weighted by atomic mass is 9.83. The number of rotatable bonds is 5. The summed E-state index contributed by atoms with van der Waals surface area (Å²) in [6.07, 6.45) is 0.916. The lowest BCUT2D eigenvalue weighted by Gasteiger charge is -2.42. The number of carbonyl (C=O) groups excluding carboxylic acids is 1. The molecule has 2 bridgehead atoms. The van der Waals surface area contributed by atoms with Crippen LogP contribution in [0.2, 0.25) is 0 Å². The van der Waals surface area contributed by atoms with E-state index in [1.165, 1.54) is 24.3 Å². The van der Waals surface area contributed by atoms with Crippen LogP contribution in [0.5, 0.6) is 0 Å². The van der Waals surface area contributed by atoms with Crippen LogP contribution in [-0.4, -0.2) is 33.4 Å². The molecule has 1 aromatic heterocycles. The first-order valence-electron chi connectivity index (χ1n) is 11.1. The summed E-state index contributed by atoms with van der Waals surface area (Å²) in [6.45, 7) is 1.83. The van der Waals surface area contributed by atoms with Crippen LogP contribution in [-0.2, 0) is 13.1 Å². The topological polar surface area (TPSA) is 97.5 Å². The number of anilines is 1. The van der Waals surface area contributed by atoms with Crippen LogP contribution in [0.25, 0.3) is 0 Å². The summed E-state index contributed by atoms with van der Waals surface area (Å²) in [5, 5.41) is 14.7. The standard InChI is InChI=1S/C25H23FN4O4/c26-20-7-4-16(5-8-20)12-27-21-9-6-18(11-23(21)30(33)34)25(32)28-13-17-10-19(15-28)22-2-1-3-24(31)29(22)14-17/h1-9,11,17,19,27H,10,12-15H2. The maximum atomic E-state index is 13.3. The van der Waals surface area contributed by atoms with Crippen LogP contribution in [0, 0.1) is 21.8 Å². The molecule has 2 aliphatic rings. The number of fused-ring (bicyclic) bond motifs is 4. The number of piperidine rings is 1. The summed E-state index contributed by atoms with van der Waals surface area (Å²) in [6, 6.07) is 15.5. The molecule has 9 heteroatoms. The van der Waals surface area contributed by atoms with Crippen molar-refractivity contribution in [3.8, 4) is 0 Å². The number of carbonyl (C=O) groups is 1. The van der Waals surface area contributed by atoms with E-state index in [0.29, 0.717) is 19.6 Å². The average molecular weight is 462 g/mol. The lowest BCUT2D eigenvalue weighted by Crippen LogP contribution is -2.49. The Hall–Kier alpha value is -4.01. The molecule has 34 heavy (non-hydrogen) atoms. The molecule has 2 aliphatic heterocycles. The van der Waals surface area contributed by atoms with E-state index in [0.717, 1.165) is 17.7 Å². The van der Waals surface area contributed by atoms with E-state index in [4.69, 9.17) is 0 Å². The summed E-state index contributed by atoms with van der Waals surface area (Å²) in [7, 11) is 0. The Bertz CT molecular complexity index is 1320. The van der Waals surface area contributed by atoms with Crippen LogP contribution in [0.15, 0.2) is 65.5 Å². The molecule has 0 radical (unpaired) electrons. The highest BCUT2D eigenvalue weighted by Gasteiger charge is 2.36. The number of nitrogens with zero attached hydrogens (tertiary/aromatic N) is 3. The van der Waals surface area contributed by atoms with E-state index < -0.39 is 4.92 Å². The van der Waals surface area contributed by atoms with Gasteiger partial charge in [-0.05, 0) is 48.2 Å². The maximum Gasteiger partial charge on any atom is 0.293 e. The molecule has 0 saturated carbocycles. The second-order valence-electron chi connectivity index (χ2n) is 8.88. The highest BCUT2D eigenvalue weighted by Crippen LogP contribution is 2.36. The van der Waals surface area contributed by atoms with E-state index in [1.807, 2.05) is 6.07 Å². The van der Waals surface area contributed by atoms with Crippen LogP contribution in [0.1, 0.15) is 34.0 Å². The Kier molecular flexibility index (Phi) is 5.61. The largest absolute Gasteiger partial charge is 0.375 e. The molecular formula is C25H23FN4O4. The summed E-state index contributed by atoms with van der Waals surface area (Å²) in [5.41, 5.74) is 2.04. The van der Waals surface area contributed by atoms with Crippen molar-refractivity contribution in [1.29, 1.82) is 0 Å². The summed E-state index contributed by atoms with van der Waals surface area (Å²) in [5.74, 6) is -0.372. The summed E-state index contributed by atoms with van der Waals surface area (Å²) >= 11 is 0. The van der Waals surface area contributed by atoms with E-state index in [9.17, 15) is 24.1 Å². The van der Waals surface area contributed by atoms with Crippen molar-refractivity contribution < 1.29 is 14.1 Å². The first-order valence-corrected chi connectivity index (χ1v) is 11.1. The molecule has 0 spiro atoms. The first kappa shape index (κ1) is 21.8. The Labute approximate surface area is 194 Å². The predicted octanol–water partition coefficient (Wildman–Crippen LogP) is 3.77. The molecule has 1 amide bonds. The van der Waals surface area contributed by atoms with Gasteiger partial charge in [0.05, 0.1) is 4.92 Å². The quantitative estimate of drug-likeness (QED) is 0.460. The summed E-state index contributed by atoms with van der Waals surface area (Å²) in [4.78, 5) is 38.4. The fraction of sp³-hybridized carbons (Fsp3) is 0.280. The van der Waals surface area contributed by atoms with Crippen molar-refractivity contribution in [2.45, 2.75) is 25.4 Å². The predicted molar refractivity (Wildman–Crippen MR) is 124 cm³/mol. The van der Waals surface area contributed by atoms with E-state index in [-0.39, 0.29) is 52.6 Å². The Balaban J connectivity index is 1.35. The van der Waals surface area contributed by atoms with Crippen molar-refractivity contribution in [2.24, 2.45) is 5.92 Å². The number of hydrogen-bond donors (Lipinski definition) is 1. The van der Waals surface area contributed by atoms with Gasteiger partial charge in [-0.2, -0.15) is 0 Å². The zero-order valence-corrected chi connectivity index (χ0v) is 18.3. The van der Waals surface area contributed by atoms with Gasteiger partial charge in [0.1, 0.15) is 11.5 Å². The molecule has 8 nitrogen and oxygen atoms in total. The molecule has 2 aromatic carbocycles. The van der Waals surface area contributed by atoms with Gasteiger partial charge in [0.15, 0.2) is 0 Å². The molecular weight excluding hydrogens is 439 g/mol. The molecule has 1 fully saturated rings. The number of nitrogens with one attached hydrogen (secondary N) is 1. The van der Waals surface area contributed by atoms with Gasteiger partial charge in [-0.1, -0.05) is 18.2 Å². The molecule has 3 heterocycles. The number of amides is 1. The number of benzene rings is 2. The van der Waals surface area contributed by atoms with Crippen LogP contribution >= 0.6 is 0 Å². The number of halogens is 1. The third kappa shape index (κ3) is 4.16. The van der Waals surface area contributed by atoms with Gasteiger partial charge in [-0.3, -0.25) is 19.7 Å². The molecule has 1 saturated heterocycles. The minimum absolute atomic E-state index is 0.0219. The molecule has 3 aromatic rings. The molecule has 2 unspecified atom stereocenters. The Morgan fingerprint density at radius 3 is 2.65 bits per heavy atom. The number of pyridine rings is 1. The second-order valence-corrected chi connectivity index (χ2v) is 8.88. The van der Waals surface area contributed by atoms with Crippen molar-refractivity contribution in [1.82, 2.24) is 9.47 Å². The fourth-order valence-electron chi connectivity index (χ4n) is 5.01. The van der Waals surface area contributed by atoms with Gasteiger partial charge < -0.3 is 14.8 Å². The minimum Gasteiger partial charge on any atom is -0.375 e. The van der Waals surface area contributed by atoms with Crippen LogP contribution < -0.4 is 10.9 Å². The van der Waals surface area contributed by atoms with E-state index in [1.54, 1.807) is 39.8 Å². The zero-order valence-electron chi connectivity index (χ0n) is 18.3. The number of nitro benzene ring substituents is 1. The van der Waals surface area contributed by atoms with Crippen molar-refractivity contribution in [2.75, 3.05) is 18.4 Å². The monoisotopic (exact) mass is 462 g/mol. The van der Waals surface area contributed by atoms with Gasteiger partial charge >= 0.3 is 0 Å². The SMILES string of the molecule is O=C(c1ccc(NCc2ccc(F)cc2)c([N+](=O)[O-])c1)N1CC2CC(C1)c1cccc(=O)n1C2. The number of nitro groups is 1. The van der Waals surface area contributed by atoms with Gasteiger partial charge in [-0.25, -0.2) is 4.39 Å². The molecule has 5 rings (SSSR count).